The lowest BCUT2D eigenvalue weighted by Gasteiger charge is -2.14. The smallest absolute Gasteiger partial charge is 0.319 e. The highest BCUT2D eigenvalue weighted by Gasteiger charge is 2.19. The third kappa shape index (κ3) is 5.96. The molecule has 1 N–H and O–H groups in total. The summed E-state index contributed by atoms with van der Waals surface area (Å²) in [6.07, 6.45) is 1.79. The number of amides is 1. The Kier molecular flexibility index (Phi) is 7.89. The zero-order chi connectivity index (χ0) is 16.7. The predicted octanol–water partition coefficient (Wildman–Crippen LogP) is 4.37. The maximum Gasteiger partial charge on any atom is 0.319 e. The molecule has 1 rings (SSSR count). The molecule has 1 aromatic rings. The van der Waals surface area contributed by atoms with Crippen LogP contribution in [0.5, 0.6) is 0 Å². The van der Waals surface area contributed by atoms with Crippen LogP contribution in [0.4, 0.5) is 10.1 Å². The minimum atomic E-state index is -0.537. The number of rotatable bonds is 7. The molecular formula is C15H19BrFNO3S. The largest absolute Gasteiger partial charge is 0.465 e. The molecule has 0 aliphatic heterocycles. The van der Waals surface area contributed by atoms with E-state index in [2.05, 4.69) is 21.2 Å². The topological polar surface area (TPSA) is 55.4 Å². The van der Waals surface area contributed by atoms with Crippen molar-refractivity contribution in [1.82, 2.24) is 0 Å². The molecule has 22 heavy (non-hydrogen) atoms. The average molecular weight is 392 g/mol. The monoisotopic (exact) mass is 391 g/mol. The van der Waals surface area contributed by atoms with E-state index in [1.807, 2.05) is 6.92 Å². The van der Waals surface area contributed by atoms with Crippen LogP contribution in [-0.2, 0) is 14.3 Å². The Balaban J connectivity index is 2.79. The first-order valence-corrected chi connectivity index (χ1v) is 8.62. The number of hydrogen-bond acceptors (Lipinski definition) is 4. The number of benzene rings is 1. The van der Waals surface area contributed by atoms with E-state index in [-0.39, 0.29) is 17.6 Å². The highest BCUT2D eigenvalue weighted by molar-refractivity contribution is 9.10. The van der Waals surface area contributed by atoms with E-state index >= 15 is 0 Å². The Hall–Kier alpha value is -1.08. The average Bonchev–Trinajstić information content (AvgIpc) is 2.43. The van der Waals surface area contributed by atoms with E-state index in [0.717, 1.165) is 12.8 Å². The molecule has 0 aliphatic carbocycles. The van der Waals surface area contributed by atoms with Crippen LogP contribution in [0.15, 0.2) is 21.5 Å². The molecule has 0 fully saturated rings. The number of thioether (sulfide) groups is 1. The fraction of sp³-hybridized carbons (Fsp3) is 0.467. The molecule has 0 saturated heterocycles. The van der Waals surface area contributed by atoms with Crippen LogP contribution in [0.2, 0.25) is 0 Å². The number of unbranched alkanes of at least 4 members (excludes halogenated alkanes) is 1. The van der Waals surface area contributed by atoms with E-state index in [9.17, 15) is 14.0 Å². The van der Waals surface area contributed by atoms with Crippen molar-refractivity contribution in [1.29, 1.82) is 0 Å². The summed E-state index contributed by atoms with van der Waals surface area (Å²) in [6.45, 7) is 5.46. The third-order valence-corrected chi connectivity index (χ3v) is 4.77. The van der Waals surface area contributed by atoms with Gasteiger partial charge < -0.3 is 10.1 Å². The Bertz CT molecular complexity index is 554. The lowest BCUT2D eigenvalue weighted by Crippen LogP contribution is -2.17. The van der Waals surface area contributed by atoms with Crippen molar-refractivity contribution in [3.63, 3.8) is 0 Å². The van der Waals surface area contributed by atoms with Gasteiger partial charge in [0.25, 0.3) is 0 Å². The zero-order valence-electron chi connectivity index (χ0n) is 12.7. The van der Waals surface area contributed by atoms with Gasteiger partial charge in [0.1, 0.15) is 11.1 Å². The summed E-state index contributed by atoms with van der Waals surface area (Å²) in [5.41, 5.74) is 0.0877. The minimum absolute atomic E-state index is 0.0877. The summed E-state index contributed by atoms with van der Waals surface area (Å²) >= 11 is 4.51. The van der Waals surface area contributed by atoms with Gasteiger partial charge in [-0.25, -0.2) is 4.39 Å². The van der Waals surface area contributed by atoms with Gasteiger partial charge in [-0.2, -0.15) is 0 Å². The molecule has 1 aromatic carbocycles. The van der Waals surface area contributed by atoms with Crippen LogP contribution in [0.1, 0.15) is 33.6 Å². The highest BCUT2D eigenvalue weighted by Crippen LogP contribution is 2.35. The number of hydrogen-bond donors (Lipinski definition) is 1. The van der Waals surface area contributed by atoms with Crippen LogP contribution in [0, 0.1) is 5.82 Å². The summed E-state index contributed by atoms with van der Waals surface area (Å²) in [7, 11) is 0. The van der Waals surface area contributed by atoms with Gasteiger partial charge in [0.15, 0.2) is 0 Å². The lowest BCUT2D eigenvalue weighted by atomic mass is 10.3. The number of carbonyl (C=O) groups is 2. The Morgan fingerprint density at radius 1 is 1.45 bits per heavy atom. The molecule has 0 radical (unpaired) electrons. The molecule has 0 saturated carbocycles. The second-order valence-corrected chi connectivity index (χ2v) is 6.96. The number of halogens is 2. The van der Waals surface area contributed by atoms with E-state index < -0.39 is 11.1 Å². The van der Waals surface area contributed by atoms with Gasteiger partial charge in [0.05, 0.1) is 12.3 Å². The van der Waals surface area contributed by atoms with E-state index in [0.29, 0.717) is 16.0 Å². The molecule has 0 spiro atoms. The van der Waals surface area contributed by atoms with E-state index in [1.165, 1.54) is 30.8 Å². The normalized spacial score (nSPS) is 11.9. The minimum Gasteiger partial charge on any atom is -0.465 e. The fourth-order valence-corrected chi connectivity index (χ4v) is 3.08. The third-order valence-electron chi connectivity index (χ3n) is 2.71. The van der Waals surface area contributed by atoms with Gasteiger partial charge in [0.2, 0.25) is 5.91 Å². The van der Waals surface area contributed by atoms with Gasteiger partial charge in [0, 0.05) is 16.3 Å². The molecule has 0 bridgehead atoms. The molecule has 1 unspecified atom stereocenters. The first-order valence-electron chi connectivity index (χ1n) is 6.95. The van der Waals surface area contributed by atoms with Gasteiger partial charge in [-0.3, -0.25) is 9.59 Å². The van der Waals surface area contributed by atoms with Crippen molar-refractivity contribution in [2.45, 2.75) is 43.8 Å². The highest BCUT2D eigenvalue weighted by atomic mass is 79.9. The Morgan fingerprint density at radius 2 is 2.14 bits per heavy atom. The molecule has 0 aliphatic rings. The first-order chi connectivity index (χ1) is 10.3. The quantitative estimate of drug-likeness (QED) is 0.425. The molecule has 0 aromatic heterocycles. The van der Waals surface area contributed by atoms with Crippen molar-refractivity contribution in [3.05, 3.63) is 22.4 Å². The Morgan fingerprint density at radius 3 is 2.73 bits per heavy atom. The number of esters is 1. The maximum absolute atomic E-state index is 13.7. The van der Waals surface area contributed by atoms with Gasteiger partial charge >= 0.3 is 5.97 Å². The van der Waals surface area contributed by atoms with Gasteiger partial charge in [-0.05, 0) is 41.4 Å². The number of carbonyl (C=O) groups excluding carboxylic acids is 2. The summed E-state index contributed by atoms with van der Waals surface area (Å²) in [5, 5.41) is 1.99. The van der Waals surface area contributed by atoms with Crippen LogP contribution >= 0.6 is 27.7 Å². The second-order valence-electron chi connectivity index (χ2n) is 4.72. The lowest BCUT2D eigenvalue weighted by molar-refractivity contribution is -0.142. The molecule has 1 atom stereocenters. The summed E-state index contributed by atoms with van der Waals surface area (Å²) in [5.74, 6) is -1.20. The van der Waals surface area contributed by atoms with E-state index in [4.69, 9.17) is 4.74 Å². The van der Waals surface area contributed by atoms with Crippen molar-refractivity contribution < 1.29 is 18.7 Å². The van der Waals surface area contributed by atoms with Crippen LogP contribution < -0.4 is 5.32 Å². The Labute approximate surface area is 142 Å². The number of anilines is 1. The molecule has 7 heteroatoms. The molecule has 4 nitrogen and oxygen atoms in total. The van der Waals surface area contributed by atoms with Crippen LogP contribution in [-0.4, -0.2) is 23.7 Å². The predicted molar refractivity (Wildman–Crippen MR) is 89.6 cm³/mol. The fourth-order valence-electron chi connectivity index (χ4n) is 1.58. The van der Waals surface area contributed by atoms with Crippen LogP contribution in [0.3, 0.4) is 0 Å². The summed E-state index contributed by atoms with van der Waals surface area (Å²) < 4.78 is 19.4. The van der Waals surface area contributed by atoms with Crippen molar-refractivity contribution in [2.75, 3.05) is 11.9 Å². The molecule has 1 amide bonds. The van der Waals surface area contributed by atoms with Crippen LogP contribution in [0.25, 0.3) is 0 Å². The molecular weight excluding hydrogens is 373 g/mol. The second kappa shape index (κ2) is 9.15. The first kappa shape index (κ1) is 19.0. The SMILES string of the molecule is CCCCOC(=O)C(C)Sc1cc(NC(C)=O)c(F)cc1Br. The van der Waals surface area contributed by atoms with Crippen molar-refractivity contribution in [2.24, 2.45) is 0 Å². The number of nitrogens with one attached hydrogen (secondary N) is 1. The summed E-state index contributed by atoms with van der Waals surface area (Å²) in [4.78, 5) is 23.6. The zero-order valence-corrected chi connectivity index (χ0v) is 15.1. The van der Waals surface area contributed by atoms with Gasteiger partial charge in [-0.15, -0.1) is 11.8 Å². The molecule has 122 valence electrons. The maximum atomic E-state index is 13.7. The standard InChI is InChI=1S/C15H19BrFNO3S/c1-4-5-6-21-15(20)9(2)22-14-8-13(18-10(3)19)12(17)7-11(14)16/h7-9H,4-6H2,1-3H3,(H,18,19). The number of ether oxygens (including phenoxy) is 1. The van der Waals surface area contributed by atoms with E-state index in [1.54, 1.807) is 6.92 Å². The molecule has 0 heterocycles. The van der Waals surface area contributed by atoms with Crippen molar-refractivity contribution in [3.8, 4) is 0 Å². The van der Waals surface area contributed by atoms with Crippen molar-refractivity contribution >= 4 is 45.3 Å². The van der Waals surface area contributed by atoms with Gasteiger partial charge in [-0.1, -0.05) is 13.3 Å². The summed E-state index contributed by atoms with van der Waals surface area (Å²) in [6, 6.07) is 2.77.